The van der Waals surface area contributed by atoms with Crippen LogP contribution in [0.4, 0.5) is 8.78 Å². The van der Waals surface area contributed by atoms with Gasteiger partial charge in [-0.25, -0.2) is 13.0 Å². The van der Waals surface area contributed by atoms with E-state index in [2.05, 4.69) is 0 Å². The number of ether oxygens (including phenoxy) is 1. The van der Waals surface area contributed by atoms with Crippen LogP contribution in [0.2, 0.25) is 0 Å². The molecule has 2 atom stereocenters. The second-order valence-electron chi connectivity index (χ2n) is 4.90. The van der Waals surface area contributed by atoms with Gasteiger partial charge in [-0.15, -0.1) is 0 Å². The van der Waals surface area contributed by atoms with Crippen LogP contribution in [0.5, 0.6) is 5.75 Å². The Kier molecular flexibility index (Phi) is 3.73. The number of rotatable bonds is 2. The Hall–Kier alpha value is -1.27. The van der Waals surface area contributed by atoms with Crippen LogP contribution in [0.25, 0.3) is 5.57 Å². The van der Waals surface area contributed by atoms with E-state index >= 15 is 0 Å². The first-order valence-electron chi connectivity index (χ1n) is 5.77. The average Bonchev–Trinajstić information content (AvgIpc) is 2.33. The maximum atomic E-state index is 14.0. The van der Waals surface area contributed by atoms with Crippen molar-refractivity contribution in [2.75, 3.05) is 6.61 Å². The molecule has 0 aromatic heterocycles. The summed E-state index contributed by atoms with van der Waals surface area (Å²) in [7, 11) is -1.65. The summed E-state index contributed by atoms with van der Waals surface area (Å²) in [5.74, 6) is -0.511. The second-order valence-corrected chi connectivity index (χ2v) is 6.54. The Balaban J connectivity index is 2.56. The fourth-order valence-corrected chi connectivity index (χ4v) is 2.14. The molecule has 1 aromatic rings. The molecular weight excluding hydrogens is 272 g/mol. The van der Waals surface area contributed by atoms with E-state index in [0.29, 0.717) is 5.56 Å². The molecule has 1 unspecified atom stereocenters. The van der Waals surface area contributed by atoms with Gasteiger partial charge in [0.05, 0.1) is 15.7 Å². The number of fused-ring (bicyclic) bond motifs is 1. The summed E-state index contributed by atoms with van der Waals surface area (Å²) in [5.41, 5.74) is 0.613. The van der Waals surface area contributed by atoms with Crippen molar-refractivity contribution in [2.24, 2.45) is 5.14 Å². The number of benzene rings is 1. The molecule has 2 rings (SSSR count). The van der Waals surface area contributed by atoms with Crippen molar-refractivity contribution in [3.8, 4) is 5.75 Å². The fourth-order valence-electron chi connectivity index (χ4n) is 1.90. The molecule has 1 aromatic carbocycles. The van der Waals surface area contributed by atoms with E-state index in [4.69, 9.17) is 9.88 Å². The van der Waals surface area contributed by atoms with Gasteiger partial charge in [-0.3, -0.25) is 5.14 Å². The van der Waals surface area contributed by atoms with Gasteiger partial charge in [0, 0.05) is 5.56 Å². The van der Waals surface area contributed by atoms with Crippen molar-refractivity contribution >= 4 is 16.6 Å². The highest BCUT2D eigenvalue weighted by Gasteiger charge is 2.31. The van der Waals surface area contributed by atoms with Gasteiger partial charge in [0.25, 0.3) is 0 Å². The lowest BCUT2D eigenvalue weighted by Crippen LogP contribution is -2.32. The molecule has 0 radical (unpaired) electrons. The predicted molar refractivity (Wildman–Crippen MR) is 71.2 cm³/mol. The van der Waals surface area contributed by atoms with E-state index in [0.717, 1.165) is 0 Å². The molecule has 0 fully saturated rings. The zero-order valence-corrected chi connectivity index (χ0v) is 11.5. The van der Waals surface area contributed by atoms with E-state index in [1.165, 1.54) is 18.2 Å². The minimum atomic E-state index is -1.65. The first-order chi connectivity index (χ1) is 8.83. The average molecular weight is 287 g/mol. The number of para-hydroxylation sites is 1. The van der Waals surface area contributed by atoms with Crippen molar-refractivity contribution in [1.82, 2.24) is 0 Å². The maximum Gasteiger partial charge on any atom is 0.165 e. The minimum Gasteiger partial charge on any atom is -0.486 e. The van der Waals surface area contributed by atoms with E-state index in [9.17, 15) is 13.0 Å². The van der Waals surface area contributed by atoms with Gasteiger partial charge in [-0.1, -0.05) is 18.2 Å². The van der Waals surface area contributed by atoms with Crippen LogP contribution < -0.4 is 9.88 Å². The summed E-state index contributed by atoms with van der Waals surface area (Å²) in [4.78, 5) is 0. The van der Waals surface area contributed by atoms with E-state index in [1.54, 1.807) is 19.9 Å². The van der Waals surface area contributed by atoms with Crippen molar-refractivity contribution in [3.63, 3.8) is 0 Å². The fraction of sp³-hybridized carbons (Fsp3) is 0.385. The third-order valence-electron chi connectivity index (χ3n) is 3.01. The molecular formula is C13H15F2NO2S. The van der Waals surface area contributed by atoms with Crippen LogP contribution in [-0.4, -0.2) is 21.7 Å². The molecule has 1 aliphatic heterocycles. The molecule has 0 aliphatic carbocycles. The van der Waals surface area contributed by atoms with Crippen LogP contribution in [0.3, 0.4) is 0 Å². The van der Waals surface area contributed by atoms with E-state index < -0.39 is 27.7 Å². The Morgan fingerprint density at radius 3 is 2.84 bits per heavy atom. The van der Waals surface area contributed by atoms with Crippen LogP contribution in [0.15, 0.2) is 24.3 Å². The Labute approximate surface area is 113 Å². The van der Waals surface area contributed by atoms with Crippen molar-refractivity contribution in [2.45, 2.75) is 24.8 Å². The molecule has 0 bridgehead atoms. The maximum absolute atomic E-state index is 14.0. The smallest absolute Gasteiger partial charge is 0.165 e. The van der Waals surface area contributed by atoms with Crippen LogP contribution >= 0.6 is 0 Å². The van der Waals surface area contributed by atoms with Gasteiger partial charge in [0.2, 0.25) is 0 Å². The molecule has 1 aliphatic rings. The summed E-state index contributed by atoms with van der Waals surface area (Å²) in [6.45, 7) is 3.02. The molecule has 6 heteroatoms. The van der Waals surface area contributed by atoms with Crippen molar-refractivity contribution < 1.29 is 17.7 Å². The molecule has 3 nitrogen and oxygen atoms in total. The zero-order valence-electron chi connectivity index (χ0n) is 10.7. The highest BCUT2D eigenvalue weighted by Crippen LogP contribution is 2.37. The number of halogens is 2. The summed E-state index contributed by atoms with van der Waals surface area (Å²) >= 11 is 0. The summed E-state index contributed by atoms with van der Waals surface area (Å²) in [5, 5.41) is 5.38. The van der Waals surface area contributed by atoms with Crippen molar-refractivity contribution in [1.29, 1.82) is 0 Å². The SMILES string of the molecule is CC(C)(C=C1c2cccc(F)c2OC[C@H]1F)S(N)=O. The van der Waals surface area contributed by atoms with Gasteiger partial charge < -0.3 is 4.74 Å². The standard InChI is InChI=1S/C13H15F2NO2S/c1-13(2,19(16)17)6-9-8-4-3-5-10(14)12(8)18-7-11(9)15/h3-6,11H,7,16H2,1-2H3/t11-,19?/m1/s1. The molecule has 0 amide bonds. The molecule has 19 heavy (non-hydrogen) atoms. The summed E-state index contributed by atoms with van der Waals surface area (Å²) in [6.07, 6.45) is 0.103. The largest absolute Gasteiger partial charge is 0.486 e. The van der Waals surface area contributed by atoms with Gasteiger partial charge in [-0.05, 0) is 25.5 Å². The Morgan fingerprint density at radius 2 is 2.21 bits per heavy atom. The third-order valence-corrected chi connectivity index (χ3v) is 4.17. The van der Waals surface area contributed by atoms with E-state index in [-0.39, 0.29) is 17.9 Å². The molecule has 104 valence electrons. The van der Waals surface area contributed by atoms with Crippen molar-refractivity contribution in [3.05, 3.63) is 35.7 Å². The van der Waals surface area contributed by atoms with Gasteiger partial charge in [-0.2, -0.15) is 0 Å². The Bertz CT molecular complexity index is 558. The first kappa shape index (κ1) is 14.1. The normalized spacial score (nSPS) is 22.8. The summed E-state index contributed by atoms with van der Waals surface area (Å²) < 4.78 is 43.2. The van der Waals surface area contributed by atoms with Gasteiger partial charge in [0.1, 0.15) is 6.61 Å². The van der Waals surface area contributed by atoms with Gasteiger partial charge >= 0.3 is 0 Å². The lowest BCUT2D eigenvalue weighted by Gasteiger charge is -2.26. The highest BCUT2D eigenvalue weighted by molar-refractivity contribution is 7.84. The molecule has 1 heterocycles. The summed E-state index contributed by atoms with van der Waals surface area (Å²) in [6, 6.07) is 4.31. The van der Waals surface area contributed by atoms with E-state index in [1.807, 2.05) is 0 Å². The zero-order chi connectivity index (χ0) is 14.2. The topological polar surface area (TPSA) is 52.3 Å². The molecule has 0 saturated carbocycles. The molecule has 2 N–H and O–H groups in total. The number of hydrogen-bond acceptors (Lipinski definition) is 2. The quantitative estimate of drug-likeness (QED) is 0.907. The number of nitrogens with two attached hydrogens (primary N) is 1. The lowest BCUT2D eigenvalue weighted by atomic mass is 9.94. The lowest BCUT2D eigenvalue weighted by molar-refractivity contribution is 0.214. The highest BCUT2D eigenvalue weighted by atomic mass is 32.2. The number of alkyl halides is 1. The third kappa shape index (κ3) is 2.69. The van der Waals surface area contributed by atoms with Crippen LogP contribution in [0.1, 0.15) is 19.4 Å². The van der Waals surface area contributed by atoms with Gasteiger partial charge in [0.15, 0.2) is 17.7 Å². The van der Waals surface area contributed by atoms with Crippen LogP contribution in [0, 0.1) is 5.82 Å². The minimum absolute atomic E-state index is 0.0289. The monoisotopic (exact) mass is 287 g/mol. The number of hydrogen-bond donors (Lipinski definition) is 1. The second kappa shape index (κ2) is 5.02. The predicted octanol–water partition coefficient (Wildman–Crippen LogP) is 2.34. The molecule has 0 saturated heterocycles. The van der Waals surface area contributed by atoms with Crippen LogP contribution in [-0.2, 0) is 11.0 Å². The molecule has 0 spiro atoms. The Morgan fingerprint density at radius 1 is 1.53 bits per heavy atom. The first-order valence-corrected chi connectivity index (χ1v) is 6.99.